The second-order valence-corrected chi connectivity index (χ2v) is 8.20. The first-order chi connectivity index (χ1) is 15.5. The number of nitrogens with two attached hydrogens (primary N) is 1. The molecule has 0 radical (unpaired) electrons. The van der Waals surface area contributed by atoms with Crippen LogP contribution in [-0.2, 0) is 10.5 Å². The van der Waals surface area contributed by atoms with Crippen LogP contribution in [0.15, 0.2) is 42.5 Å². The lowest BCUT2D eigenvalue weighted by molar-refractivity contribution is -0.115. The summed E-state index contributed by atoms with van der Waals surface area (Å²) in [5, 5.41) is 5.45. The van der Waals surface area contributed by atoms with E-state index in [0.717, 1.165) is 0 Å². The fourth-order valence-electron chi connectivity index (χ4n) is 2.86. The van der Waals surface area contributed by atoms with Gasteiger partial charge in [-0.3, -0.25) is 4.79 Å². The van der Waals surface area contributed by atoms with E-state index in [-0.39, 0.29) is 28.9 Å². The van der Waals surface area contributed by atoms with E-state index < -0.39 is 0 Å². The second kappa shape index (κ2) is 9.69. The minimum atomic E-state index is -0.380. The van der Waals surface area contributed by atoms with Gasteiger partial charge in [-0.25, -0.2) is 4.39 Å². The zero-order valence-corrected chi connectivity index (χ0v) is 18.0. The highest BCUT2D eigenvalue weighted by molar-refractivity contribution is 7.99. The quantitative estimate of drug-likeness (QED) is 0.491. The third kappa shape index (κ3) is 5.55. The number of fused-ring (bicyclic) bond motifs is 1. The molecule has 1 aliphatic heterocycles. The van der Waals surface area contributed by atoms with Crippen molar-refractivity contribution in [3.63, 3.8) is 0 Å². The van der Waals surface area contributed by atoms with Gasteiger partial charge < -0.3 is 25.8 Å². The van der Waals surface area contributed by atoms with Crippen molar-refractivity contribution in [2.24, 2.45) is 0 Å². The van der Waals surface area contributed by atoms with Crippen LogP contribution in [0.2, 0.25) is 0 Å². The maximum absolute atomic E-state index is 13.1. The maximum atomic E-state index is 13.1. The van der Waals surface area contributed by atoms with Crippen LogP contribution in [-0.4, -0.2) is 39.3 Å². The number of anilines is 4. The van der Waals surface area contributed by atoms with Gasteiger partial charge >= 0.3 is 0 Å². The molecule has 0 unspecified atom stereocenters. The van der Waals surface area contributed by atoms with E-state index in [4.69, 9.17) is 15.2 Å². The third-order valence-corrected chi connectivity index (χ3v) is 5.58. The smallest absolute Gasteiger partial charge is 0.237 e. The van der Waals surface area contributed by atoms with Crippen molar-refractivity contribution in [2.75, 3.05) is 29.6 Å². The molecular weight excluding hydrogens is 435 g/mol. The number of nitrogens with one attached hydrogen (secondary N) is 2. The summed E-state index contributed by atoms with van der Waals surface area (Å²) in [5.41, 5.74) is 7.03. The van der Waals surface area contributed by atoms with E-state index in [0.29, 0.717) is 47.7 Å². The van der Waals surface area contributed by atoms with Crippen LogP contribution < -0.4 is 25.8 Å². The van der Waals surface area contributed by atoms with Crippen LogP contribution in [0.1, 0.15) is 12.7 Å². The van der Waals surface area contributed by atoms with Gasteiger partial charge in [-0.1, -0.05) is 0 Å². The van der Waals surface area contributed by atoms with Crippen LogP contribution in [0.5, 0.6) is 11.5 Å². The summed E-state index contributed by atoms with van der Waals surface area (Å²) in [5.74, 6) is 1.82. The molecule has 1 aromatic heterocycles. The Kier molecular flexibility index (Phi) is 6.55. The summed E-state index contributed by atoms with van der Waals surface area (Å²) in [6.07, 6.45) is 0. The SMILES string of the molecule is C[C@@H](SCc1nc(N)nc(Nc2ccc(F)cc2)n1)C(=O)Nc1ccc2c(c1)OCCO2. The van der Waals surface area contributed by atoms with E-state index in [1.165, 1.54) is 23.9 Å². The average Bonchev–Trinajstić information content (AvgIpc) is 2.78. The number of nitrogens with zero attached hydrogens (tertiary/aromatic N) is 3. The fraction of sp³-hybridized carbons (Fsp3) is 0.238. The van der Waals surface area contributed by atoms with E-state index in [1.54, 1.807) is 37.3 Å². The number of thioether (sulfide) groups is 1. The highest BCUT2D eigenvalue weighted by Crippen LogP contribution is 2.33. The van der Waals surface area contributed by atoms with Gasteiger partial charge in [0.05, 0.1) is 11.0 Å². The number of hydrogen-bond donors (Lipinski definition) is 3. The summed E-state index contributed by atoms with van der Waals surface area (Å²) >= 11 is 1.36. The number of carbonyl (C=O) groups excluding carboxylic acids is 1. The fourth-order valence-corrected chi connectivity index (χ4v) is 3.60. The standard InChI is InChI=1S/C21H21FN6O3S/c1-12(19(29)24-15-6-7-16-17(10-15)31-9-8-30-16)32-11-18-26-20(23)28-21(27-18)25-14-4-2-13(22)3-5-14/h2-7,10,12H,8-9,11H2,1H3,(H,24,29)(H3,23,25,26,27,28)/t12-/m1/s1. The number of amides is 1. The first kappa shape index (κ1) is 21.6. The number of aromatic nitrogens is 3. The van der Waals surface area contributed by atoms with Gasteiger partial charge in [-0.15, -0.1) is 11.8 Å². The summed E-state index contributed by atoms with van der Waals surface area (Å²) < 4.78 is 24.1. The second-order valence-electron chi connectivity index (χ2n) is 6.87. The number of hydrogen-bond acceptors (Lipinski definition) is 9. The van der Waals surface area contributed by atoms with Crippen molar-refractivity contribution in [1.29, 1.82) is 0 Å². The zero-order valence-electron chi connectivity index (χ0n) is 17.2. The van der Waals surface area contributed by atoms with Crippen LogP contribution in [0.4, 0.5) is 27.7 Å². The molecule has 0 saturated heterocycles. The highest BCUT2D eigenvalue weighted by atomic mass is 32.2. The van der Waals surface area contributed by atoms with Crippen molar-refractivity contribution in [3.05, 3.63) is 54.1 Å². The Morgan fingerprint density at radius 2 is 1.81 bits per heavy atom. The number of rotatable bonds is 7. The molecule has 9 nitrogen and oxygen atoms in total. The number of ether oxygens (including phenoxy) is 2. The Balaban J connectivity index is 1.34. The summed E-state index contributed by atoms with van der Waals surface area (Å²) in [4.78, 5) is 25.1. The molecule has 1 amide bonds. The Morgan fingerprint density at radius 3 is 2.59 bits per heavy atom. The highest BCUT2D eigenvalue weighted by Gasteiger charge is 2.17. The lowest BCUT2D eigenvalue weighted by Gasteiger charge is -2.19. The molecular formula is C21H21FN6O3S. The lowest BCUT2D eigenvalue weighted by Crippen LogP contribution is -2.23. The monoisotopic (exact) mass is 456 g/mol. The molecule has 11 heteroatoms. The van der Waals surface area contributed by atoms with Gasteiger partial charge in [-0.05, 0) is 43.3 Å². The minimum absolute atomic E-state index is 0.0496. The molecule has 0 saturated carbocycles. The number of benzene rings is 2. The van der Waals surface area contributed by atoms with Crippen LogP contribution in [0.25, 0.3) is 0 Å². The Hall–Kier alpha value is -3.60. The molecule has 0 bridgehead atoms. The normalized spacial score (nSPS) is 13.3. The first-order valence-corrected chi connectivity index (χ1v) is 10.9. The summed E-state index contributed by atoms with van der Waals surface area (Å²) in [6, 6.07) is 11.1. The van der Waals surface area contributed by atoms with Crippen molar-refractivity contribution >= 4 is 40.9 Å². The van der Waals surface area contributed by atoms with Crippen molar-refractivity contribution in [3.8, 4) is 11.5 Å². The Bertz CT molecular complexity index is 1120. The van der Waals surface area contributed by atoms with Gasteiger partial charge in [0.25, 0.3) is 0 Å². The van der Waals surface area contributed by atoms with E-state index in [9.17, 15) is 9.18 Å². The van der Waals surface area contributed by atoms with Gasteiger partial charge in [0.15, 0.2) is 11.5 Å². The number of nitrogen functional groups attached to an aromatic ring is 1. The largest absolute Gasteiger partial charge is 0.486 e. The zero-order chi connectivity index (χ0) is 22.5. The molecule has 32 heavy (non-hydrogen) atoms. The molecule has 4 N–H and O–H groups in total. The average molecular weight is 457 g/mol. The predicted molar refractivity (Wildman–Crippen MR) is 121 cm³/mol. The molecule has 4 rings (SSSR count). The predicted octanol–water partition coefficient (Wildman–Crippen LogP) is 3.37. The van der Waals surface area contributed by atoms with Gasteiger partial charge in [0.2, 0.25) is 17.8 Å². The molecule has 166 valence electrons. The van der Waals surface area contributed by atoms with E-state index in [1.807, 2.05) is 0 Å². The van der Waals surface area contributed by atoms with Crippen molar-refractivity contribution in [2.45, 2.75) is 17.9 Å². The van der Waals surface area contributed by atoms with Crippen LogP contribution in [0.3, 0.4) is 0 Å². The summed E-state index contributed by atoms with van der Waals surface area (Å²) in [7, 11) is 0. The molecule has 0 aliphatic carbocycles. The molecule has 3 aromatic rings. The third-order valence-electron chi connectivity index (χ3n) is 4.44. The molecule has 1 atom stereocenters. The Morgan fingerprint density at radius 1 is 1.09 bits per heavy atom. The molecule has 0 spiro atoms. The first-order valence-electron chi connectivity index (χ1n) is 9.81. The Labute approximate surface area is 188 Å². The van der Waals surface area contributed by atoms with Gasteiger partial charge in [0, 0.05) is 17.4 Å². The molecule has 2 aromatic carbocycles. The lowest BCUT2D eigenvalue weighted by atomic mass is 10.2. The minimum Gasteiger partial charge on any atom is -0.486 e. The van der Waals surface area contributed by atoms with Gasteiger partial charge in [-0.2, -0.15) is 15.0 Å². The molecule has 2 heterocycles. The van der Waals surface area contributed by atoms with Crippen LogP contribution in [0, 0.1) is 5.82 Å². The maximum Gasteiger partial charge on any atom is 0.237 e. The number of carbonyl (C=O) groups is 1. The molecule has 1 aliphatic rings. The van der Waals surface area contributed by atoms with Crippen molar-refractivity contribution < 1.29 is 18.7 Å². The summed E-state index contributed by atoms with van der Waals surface area (Å²) in [6.45, 7) is 2.78. The topological polar surface area (TPSA) is 124 Å². The number of halogens is 1. The molecule has 0 fully saturated rings. The van der Waals surface area contributed by atoms with E-state index >= 15 is 0 Å². The van der Waals surface area contributed by atoms with Crippen molar-refractivity contribution in [1.82, 2.24) is 15.0 Å². The van der Waals surface area contributed by atoms with E-state index in [2.05, 4.69) is 25.6 Å². The van der Waals surface area contributed by atoms with Crippen LogP contribution >= 0.6 is 11.8 Å². The van der Waals surface area contributed by atoms with Gasteiger partial charge in [0.1, 0.15) is 24.9 Å².